The van der Waals surface area contributed by atoms with Crippen molar-refractivity contribution in [3.8, 4) is 0 Å². The SMILES string of the molecule is CC1CN(C2CCCCC2)C(CC(=O)O)C(=O)N1C. The van der Waals surface area contributed by atoms with Crippen LogP contribution < -0.4 is 0 Å². The lowest BCUT2D eigenvalue weighted by molar-refractivity contribution is -0.152. The molecule has 1 heterocycles. The Hall–Kier alpha value is -1.10. The maximum absolute atomic E-state index is 12.3. The van der Waals surface area contributed by atoms with E-state index in [1.54, 1.807) is 11.9 Å². The predicted octanol–water partition coefficient (Wildman–Crippen LogP) is 1.32. The van der Waals surface area contributed by atoms with E-state index in [-0.39, 0.29) is 18.4 Å². The highest BCUT2D eigenvalue weighted by atomic mass is 16.4. The van der Waals surface area contributed by atoms with Gasteiger partial charge in [-0.05, 0) is 19.8 Å². The number of carboxylic acids is 1. The quantitative estimate of drug-likeness (QED) is 0.838. The van der Waals surface area contributed by atoms with Crippen molar-refractivity contribution in [3.63, 3.8) is 0 Å². The minimum Gasteiger partial charge on any atom is -0.481 e. The fourth-order valence-electron chi connectivity index (χ4n) is 3.34. The van der Waals surface area contributed by atoms with Crippen molar-refractivity contribution in [2.24, 2.45) is 0 Å². The summed E-state index contributed by atoms with van der Waals surface area (Å²) in [5, 5.41) is 9.05. The second-order valence-electron chi connectivity index (χ2n) is 5.90. The van der Waals surface area contributed by atoms with Crippen molar-refractivity contribution in [1.29, 1.82) is 0 Å². The lowest BCUT2D eigenvalue weighted by atomic mass is 9.90. The normalized spacial score (nSPS) is 30.6. The van der Waals surface area contributed by atoms with Gasteiger partial charge in [-0.3, -0.25) is 14.5 Å². The van der Waals surface area contributed by atoms with Gasteiger partial charge >= 0.3 is 5.97 Å². The third-order valence-electron chi connectivity index (χ3n) is 4.58. The van der Waals surface area contributed by atoms with E-state index in [1.165, 1.54) is 19.3 Å². The van der Waals surface area contributed by atoms with Crippen molar-refractivity contribution in [1.82, 2.24) is 9.80 Å². The summed E-state index contributed by atoms with van der Waals surface area (Å²) in [5.74, 6) is -0.922. The summed E-state index contributed by atoms with van der Waals surface area (Å²) in [6, 6.07) is 0.0828. The smallest absolute Gasteiger partial charge is 0.305 e. The van der Waals surface area contributed by atoms with Gasteiger partial charge in [-0.15, -0.1) is 0 Å². The van der Waals surface area contributed by atoms with E-state index in [4.69, 9.17) is 5.11 Å². The Morgan fingerprint density at radius 2 is 1.95 bits per heavy atom. The Bertz CT molecular complexity index is 353. The number of piperazine rings is 1. The summed E-state index contributed by atoms with van der Waals surface area (Å²) >= 11 is 0. The number of rotatable bonds is 3. The van der Waals surface area contributed by atoms with Crippen molar-refractivity contribution in [2.45, 2.75) is 63.6 Å². The Balaban J connectivity index is 2.15. The lowest BCUT2D eigenvalue weighted by Crippen LogP contribution is -2.62. The number of hydrogen-bond acceptors (Lipinski definition) is 3. The second-order valence-corrected chi connectivity index (χ2v) is 5.90. The first-order valence-electron chi connectivity index (χ1n) is 7.25. The van der Waals surface area contributed by atoms with Crippen LogP contribution in [-0.4, -0.2) is 58.5 Å². The lowest BCUT2D eigenvalue weighted by Gasteiger charge is -2.47. The van der Waals surface area contributed by atoms with Crippen LogP contribution in [-0.2, 0) is 9.59 Å². The molecular weight excluding hydrogens is 244 g/mol. The fraction of sp³-hybridized carbons (Fsp3) is 0.857. The number of likely N-dealkylation sites (N-methyl/N-ethyl adjacent to an activating group) is 1. The monoisotopic (exact) mass is 268 g/mol. The molecule has 2 fully saturated rings. The zero-order chi connectivity index (χ0) is 14.0. The van der Waals surface area contributed by atoms with Crippen LogP contribution in [0.1, 0.15) is 45.4 Å². The van der Waals surface area contributed by atoms with Gasteiger partial charge in [0.15, 0.2) is 0 Å². The molecule has 5 nitrogen and oxygen atoms in total. The number of aliphatic carboxylic acids is 1. The van der Waals surface area contributed by atoms with E-state index in [0.717, 1.165) is 19.4 Å². The maximum atomic E-state index is 12.3. The number of carbonyl (C=O) groups excluding carboxylic acids is 1. The predicted molar refractivity (Wildman–Crippen MR) is 71.9 cm³/mol. The summed E-state index contributed by atoms with van der Waals surface area (Å²) < 4.78 is 0. The van der Waals surface area contributed by atoms with Crippen LogP contribution >= 0.6 is 0 Å². The second kappa shape index (κ2) is 5.90. The fourth-order valence-corrected chi connectivity index (χ4v) is 3.34. The van der Waals surface area contributed by atoms with Gasteiger partial charge in [0.05, 0.1) is 6.42 Å². The third kappa shape index (κ3) is 3.08. The first-order valence-corrected chi connectivity index (χ1v) is 7.25. The van der Waals surface area contributed by atoms with Crippen LogP contribution in [0.4, 0.5) is 0 Å². The zero-order valence-corrected chi connectivity index (χ0v) is 11.8. The van der Waals surface area contributed by atoms with Crippen molar-refractivity contribution in [3.05, 3.63) is 0 Å². The molecule has 0 bridgehead atoms. The van der Waals surface area contributed by atoms with Gasteiger partial charge in [-0.1, -0.05) is 19.3 Å². The van der Waals surface area contributed by atoms with E-state index in [2.05, 4.69) is 4.90 Å². The van der Waals surface area contributed by atoms with Gasteiger partial charge < -0.3 is 10.0 Å². The van der Waals surface area contributed by atoms with Crippen LogP contribution in [0.25, 0.3) is 0 Å². The van der Waals surface area contributed by atoms with Crippen LogP contribution in [0.2, 0.25) is 0 Å². The number of nitrogens with zero attached hydrogens (tertiary/aromatic N) is 2. The van der Waals surface area contributed by atoms with E-state index in [9.17, 15) is 9.59 Å². The Morgan fingerprint density at radius 3 is 2.53 bits per heavy atom. The van der Waals surface area contributed by atoms with Crippen molar-refractivity contribution < 1.29 is 14.7 Å². The van der Waals surface area contributed by atoms with E-state index in [0.29, 0.717) is 6.04 Å². The van der Waals surface area contributed by atoms with Crippen LogP contribution in [0.3, 0.4) is 0 Å². The number of hydrogen-bond donors (Lipinski definition) is 1. The zero-order valence-electron chi connectivity index (χ0n) is 11.8. The summed E-state index contributed by atoms with van der Waals surface area (Å²) in [6.07, 6.45) is 5.77. The molecule has 1 aliphatic carbocycles. The van der Waals surface area contributed by atoms with Gasteiger partial charge in [-0.2, -0.15) is 0 Å². The highest BCUT2D eigenvalue weighted by Crippen LogP contribution is 2.28. The summed E-state index contributed by atoms with van der Waals surface area (Å²) in [7, 11) is 1.78. The molecule has 2 aliphatic rings. The number of amides is 1. The molecule has 19 heavy (non-hydrogen) atoms. The molecule has 1 saturated heterocycles. The molecule has 1 amide bonds. The third-order valence-corrected chi connectivity index (χ3v) is 4.58. The minimum absolute atomic E-state index is 0.0354. The molecule has 0 spiro atoms. The summed E-state index contributed by atoms with van der Waals surface area (Å²) in [5.41, 5.74) is 0. The maximum Gasteiger partial charge on any atom is 0.305 e. The molecule has 0 aromatic heterocycles. The van der Waals surface area contributed by atoms with Gasteiger partial charge in [0.25, 0.3) is 0 Å². The number of carbonyl (C=O) groups is 2. The molecule has 1 aliphatic heterocycles. The first-order chi connectivity index (χ1) is 9.00. The average molecular weight is 268 g/mol. The molecule has 2 unspecified atom stereocenters. The van der Waals surface area contributed by atoms with Gasteiger partial charge in [-0.25, -0.2) is 0 Å². The van der Waals surface area contributed by atoms with E-state index >= 15 is 0 Å². The van der Waals surface area contributed by atoms with E-state index in [1.807, 2.05) is 6.92 Å². The van der Waals surface area contributed by atoms with Gasteiger partial charge in [0.1, 0.15) is 6.04 Å². The van der Waals surface area contributed by atoms with Crippen molar-refractivity contribution >= 4 is 11.9 Å². The van der Waals surface area contributed by atoms with Gasteiger partial charge in [0.2, 0.25) is 5.91 Å². The van der Waals surface area contributed by atoms with Gasteiger partial charge in [0, 0.05) is 25.7 Å². The highest BCUT2D eigenvalue weighted by molar-refractivity contribution is 5.87. The largest absolute Gasteiger partial charge is 0.481 e. The van der Waals surface area contributed by atoms with Crippen LogP contribution in [0.5, 0.6) is 0 Å². The molecule has 1 saturated carbocycles. The Labute approximate surface area is 114 Å². The molecule has 2 rings (SSSR count). The molecule has 5 heteroatoms. The highest BCUT2D eigenvalue weighted by Gasteiger charge is 2.41. The molecule has 2 atom stereocenters. The standard InChI is InChI=1S/C14H24N2O3/c1-10-9-16(11-6-4-3-5-7-11)12(8-13(17)18)14(19)15(10)2/h10-12H,3-9H2,1-2H3,(H,17,18). The summed E-state index contributed by atoms with van der Waals surface area (Å²) in [4.78, 5) is 27.2. The van der Waals surface area contributed by atoms with Crippen LogP contribution in [0, 0.1) is 0 Å². The molecule has 0 radical (unpaired) electrons. The first kappa shape index (κ1) is 14.3. The molecule has 0 aromatic carbocycles. The summed E-state index contributed by atoms with van der Waals surface area (Å²) in [6.45, 7) is 2.83. The molecule has 1 N–H and O–H groups in total. The molecule has 0 aromatic rings. The topological polar surface area (TPSA) is 60.9 Å². The average Bonchev–Trinajstić information content (AvgIpc) is 2.40. The van der Waals surface area contributed by atoms with Crippen molar-refractivity contribution in [2.75, 3.05) is 13.6 Å². The molecular formula is C14H24N2O3. The van der Waals surface area contributed by atoms with Crippen LogP contribution in [0.15, 0.2) is 0 Å². The van der Waals surface area contributed by atoms with E-state index < -0.39 is 12.0 Å². The Morgan fingerprint density at radius 1 is 1.32 bits per heavy atom. The Kier molecular flexibility index (Phi) is 4.45. The molecule has 108 valence electrons. The minimum atomic E-state index is -0.887. The number of carboxylic acid groups (broad SMARTS) is 1.